The van der Waals surface area contributed by atoms with Gasteiger partial charge in [-0.3, -0.25) is 14.8 Å². The molecule has 4 aromatic carbocycles. The highest BCUT2D eigenvalue weighted by Gasteiger charge is 2.37. The molecule has 0 radical (unpaired) electrons. The van der Waals surface area contributed by atoms with Crippen molar-refractivity contribution in [1.82, 2.24) is 9.97 Å². The van der Waals surface area contributed by atoms with E-state index >= 15 is 0 Å². The first-order valence-corrected chi connectivity index (χ1v) is 11.0. The van der Waals surface area contributed by atoms with E-state index in [0.29, 0.717) is 11.4 Å². The van der Waals surface area contributed by atoms with E-state index in [1.54, 1.807) is 0 Å². The maximum atomic E-state index is 13.2. The highest BCUT2D eigenvalue weighted by atomic mass is 16.2. The third-order valence-electron chi connectivity index (χ3n) is 6.49. The van der Waals surface area contributed by atoms with Crippen LogP contribution in [0.1, 0.15) is 34.1 Å². The fourth-order valence-electron chi connectivity index (χ4n) is 5.10. The van der Waals surface area contributed by atoms with Crippen molar-refractivity contribution in [3.63, 3.8) is 0 Å². The second-order valence-electron chi connectivity index (χ2n) is 8.35. The topological polar surface area (TPSA) is 77.8 Å². The average Bonchev–Trinajstić information content (AvgIpc) is 2.85. The van der Waals surface area contributed by atoms with Crippen LogP contribution >= 0.6 is 0 Å². The van der Waals surface area contributed by atoms with Crippen molar-refractivity contribution in [1.29, 1.82) is 0 Å². The summed E-state index contributed by atoms with van der Waals surface area (Å²) in [6.07, 6.45) is 0. The molecule has 5 aromatic rings. The normalized spacial score (nSPS) is 14.5. The van der Waals surface area contributed by atoms with Gasteiger partial charge in [0, 0.05) is 17.2 Å². The smallest absolute Gasteiger partial charge is 0.327 e. The number of fused-ring (bicyclic) bond motifs is 4. The van der Waals surface area contributed by atoms with Gasteiger partial charge < -0.3 is 5.32 Å². The van der Waals surface area contributed by atoms with Crippen LogP contribution in [-0.2, 0) is 0 Å². The van der Waals surface area contributed by atoms with Gasteiger partial charge in [0.2, 0.25) is 0 Å². The molecule has 1 unspecified atom stereocenters. The summed E-state index contributed by atoms with van der Waals surface area (Å²) >= 11 is 0. The Kier molecular flexibility index (Phi) is 4.47. The molecule has 0 fully saturated rings. The molecule has 5 heteroatoms. The monoisotopic (exact) mass is 431 g/mol. The number of nitrogens with one attached hydrogen (secondary N) is 3. The maximum Gasteiger partial charge on any atom is 0.327 e. The minimum Gasteiger partial charge on any atom is -0.341 e. The summed E-state index contributed by atoms with van der Waals surface area (Å²) in [5, 5.41) is 5.52. The highest BCUT2D eigenvalue weighted by molar-refractivity contribution is 5.98. The predicted octanol–water partition coefficient (Wildman–Crippen LogP) is 5.24. The van der Waals surface area contributed by atoms with E-state index < -0.39 is 5.69 Å². The molecule has 0 aliphatic carbocycles. The van der Waals surface area contributed by atoms with Crippen LogP contribution in [0.25, 0.3) is 10.8 Å². The lowest BCUT2D eigenvalue weighted by atomic mass is 9.72. The fraction of sp³-hybridized carbons (Fsp3) is 0.0714. The molecule has 5 nitrogen and oxygen atoms in total. The highest BCUT2D eigenvalue weighted by Crippen LogP contribution is 2.50. The molecule has 0 spiro atoms. The summed E-state index contributed by atoms with van der Waals surface area (Å²) in [6, 6.07) is 32.8. The van der Waals surface area contributed by atoms with E-state index in [4.69, 9.17) is 0 Å². The molecule has 1 aromatic heterocycles. The minimum atomic E-state index is -0.523. The number of rotatable bonds is 3. The summed E-state index contributed by atoms with van der Waals surface area (Å²) in [7, 11) is 0. The molecule has 0 saturated heterocycles. The molecule has 6 rings (SSSR count). The number of aromatic nitrogens is 2. The largest absolute Gasteiger partial charge is 0.341 e. The average molecular weight is 431 g/mol. The van der Waals surface area contributed by atoms with E-state index in [9.17, 15) is 9.59 Å². The molecule has 1 aliphatic heterocycles. The lowest BCUT2D eigenvalue weighted by Crippen LogP contribution is -2.33. The molecular weight excluding hydrogens is 410 g/mol. The summed E-state index contributed by atoms with van der Waals surface area (Å²) in [5.41, 5.74) is 3.79. The second-order valence-corrected chi connectivity index (χ2v) is 8.35. The van der Waals surface area contributed by atoms with E-state index in [2.05, 4.69) is 63.8 Å². The van der Waals surface area contributed by atoms with Gasteiger partial charge in [-0.05, 0) is 22.1 Å². The van der Waals surface area contributed by atoms with Crippen molar-refractivity contribution in [2.45, 2.75) is 11.8 Å². The number of benzene rings is 4. The van der Waals surface area contributed by atoms with E-state index in [-0.39, 0.29) is 17.4 Å². The van der Waals surface area contributed by atoms with E-state index in [0.717, 1.165) is 33.2 Å². The predicted molar refractivity (Wildman–Crippen MR) is 131 cm³/mol. The van der Waals surface area contributed by atoms with Gasteiger partial charge in [-0.1, -0.05) is 97.1 Å². The zero-order valence-electron chi connectivity index (χ0n) is 17.7. The molecular formula is C28H21N3O2. The van der Waals surface area contributed by atoms with Crippen molar-refractivity contribution >= 4 is 22.3 Å². The van der Waals surface area contributed by atoms with Crippen molar-refractivity contribution in [2.75, 3.05) is 5.32 Å². The van der Waals surface area contributed by atoms with Gasteiger partial charge in [0.15, 0.2) is 0 Å². The molecule has 1 atom stereocenters. The Hall–Kier alpha value is -4.38. The molecule has 0 bridgehead atoms. The summed E-state index contributed by atoms with van der Waals surface area (Å²) in [6.45, 7) is 0. The lowest BCUT2D eigenvalue weighted by Gasteiger charge is -2.35. The Morgan fingerprint density at radius 3 is 2.00 bits per heavy atom. The minimum absolute atomic E-state index is 0.125. The quantitative estimate of drug-likeness (QED) is 0.366. The Labute approximate surface area is 189 Å². The molecule has 1 aliphatic rings. The zero-order valence-corrected chi connectivity index (χ0v) is 17.7. The van der Waals surface area contributed by atoms with Crippen molar-refractivity contribution in [2.24, 2.45) is 0 Å². The number of anilines is 2. The summed E-state index contributed by atoms with van der Waals surface area (Å²) in [4.78, 5) is 30.7. The lowest BCUT2D eigenvalue weighted by molar-refractivity contribution is 0.677. The van der Waals surface area contributed by atoms with Gasteiger partial charge in [-0.15, -0.1) is 0 Å². The fourth-order valence-corrected chi connectivity index (χ4v) is 5.10. The first-order valence-electron chi connectivity index (χ1n) is 11.0. The number of H-pyrrole nitrogens is 2. The van der Waals surface area contributed by atoms with E-state index in [1.807, 2.05) is 48.5 Å². The van der Waals surface area contributed by atoms with Crippen LogP contribution in [0.4, 0.5) is 11.5 Å². The van der Waals surface area contributed by atoms with Crippen LogP contribution in [0.15, 0.2) is 107 Å². The Morgan fingerprint density at radius 1 is 0.667 bits per heavy atom. The third-order valence-corrected chi connectivity index (χ3v) is 6.49. The van der Waals surface area contributed by atoms with Gasteiger partial charge in [-0.2, -0.15) is 0 Å². The van der Waals surface area contributed by atoms with E-state index in [1.165, 1.54) is 0 Å². The van der Waals surface area contributed by atoms with Crippen LogP contribution < -0.4 is 16.6 Å². The van der Waals surface area contributed by atoms with Crippen LogP contribution in [0.3, 0.4) is 0 Å². The SMILES string of the molecule is O=c1[nH]c2c(c(=O)[nH]1)C(C(c1ccccc1)c1ccccc1)c1ccc3ccccc3c1N2. The van der Waals surface area contributed by atoms with Gasteiger partial charge in [0.1, 0.15) is 5.82 Å². The van der Waals surface area contributed by atoms with Crippen LogP contribution in [0, 0.1) is 0 Å². The summed E-state index contributed by atoms with van der Waals surface area (Å²) < 4.78 is 0. The number of hydrogen-bond acceptors (Lipinski definition) is 3. The van der Waals surface area contributed by atoms with Crippen molar-refractivity contribution in [3.8, 4) is 0 Å². The van der Waals surface area contributed by atoms with Crippen LogP contribution in [-0.4, -0.2) is 9.97 Å². The Balaban J connectivity index is 1.71. The van der Waals surface area contributed by atoms with Gasteiger partial charge in [0.25, 0.3) is 5.56 Å². The zero-order chi connectivity index (χ0) is 22.4. The first kappa shape index (κ1) is 19.3. The molecule has 2 heterocycles. The Bertz CT molecular complexity index is 1550. The van der Waals surface area contributed by atoms with Crippen LogP contribution in [0.5, 0.6) is 0 Å². The maximum absolute atomic E-state index is 13.2. The van der Waals surface area contributed by atoms with Crippen molar-refractivity contribution < 1.29 is 0 Å². The summed E-state index contributed by atoms with van der Waals surface area (Å²) in [5.74, 6) is 0.0286. The molecule has 33 heavy (non-hydrogen) atoms. The number of aromatic amines is 2. The molecule has 3 N–H and O–H groups in total. The molecule has 0 amide bonds. The first-order chi connectivity index (χ1) is 16.2. The molecule has 160 valence electrons. The Morgan fingerprint density at radius 2 is 1.30 bits per heavy atom. The van der Waals surface area contributed by atoms with Gasteiger partial charge >= 0.3 is 5.69 Å². The third kappa shape index (κ3) is 3.17. The molecule has 0 saturated carbocycles. The number of hydrogen-bond donors (Lipinski definition) is 3. The van der Waals surface area contributed by atoms with Crippen molar-refractivity contribution in [3.05, 3.63) is 140 Å². The second kappa shape index (κ2) is 7.64. The van der Waals surface area contributed by atoms with Gasteiger partial charge in [0.05, 0.1) is 11.3 Å². The van der Waals surface area contributed by atoms with Gasteiger partial charge in [-0.25, -0.2) is 4.79 Å². The van der Waals surface area contributed by atoms with Crippen LogP contribution in [0.2, 0.25) is 0 Å². The standard InChI is InChI=1S/C28H21N3O2/c32-27-24-23(22(18-10-3-1-4-11-18)19-12-5-2-6-13-19)21-16-15-17-9-7-8-14-20(17)25(21)29-26(24)30-28(33)31-27/h1-16,22-23H,(H3,29,30,31,32,33).